The molecule has 0 aliphatic rings. The van der Waals surface area contributed by atoms with Crippen LogP contribution >= 0.6 is 0 Å². The van der Waals surface area contributed by atoms with Gasteiger partial charge in [-0.2, -0.15) is 0 Å². The molecule has 4 heavy (non-hydrogen) atoms. The van der Waals surface area contributed by atoms with Gasteiger partial charge in [-0.25, -0.2) is 0 Å². The molecule has 0 amide bonds. The average Bonchev–Trinajstić information content (AvgIpc) is 0. The van der Waals surface area contributed by atoms with Crippen molar-refractivity contribution in [2.75, 3.05) is 0 Å². The first-order valence-corrected chi connectivity index (χ1v) is 0. The van der Waals surface area contributed by atoms with Crippen LogP contribution in [-0.2, 0) is 33.8 Å². The van der Waals surface area contributed by atoms with Gasteiger partial charge in [0.25, 0.3) is 0 Å². The van der Waals surface area contributed by atoms with E-state index in [1.807, 2.05) is 0 Å². The standard InChI is InChI=1S/Al.Co.Fe.Si. The van der Waals surface area contributed by atoms with Gasteiger partial charge in [-0.05, 0) is 0 Å². The molecule has 0 aromatic rings. The molecule has 0 saturated carbocycles. The summed E-state index contributed by atoms with van der Waals surface area (Å²) < 4.78 is 0. The first-order chi connectivity index (χ1) is 0. The summed E-state index contributed by atoms with van der Waals surface area (Å²) in [6, 6.07) is 0. The Labute approximate surface area is 61.9 Å². The van der Waals surface area contributed by atoms with Crippen LogP contribution in [-0.4, -0.2) is 28.3 Å². The van der Waals surface area contributed by atoms with Crippen LogP contribution in [0.5, 0.6) is 0 Å². The summed E-state index contributed by atoms with van der Waals surface area (Å²) in [5.74, 6) is 0. The van der Waals surface area contributed by atoms with Gasteiger partial charge in [0.05, 0.1) is 0 Å². The van der Waals surface area contributed by atoms with Crippen molar-refractivity contribution in [3.63, 3.8) is 0 Å². The third-order valence-electron chi connectivity index (χ3n) is 0. The van der Waals surface area contributed by atoms with Crippen LogP contribution in [0, 0.1) is 0 Å². The Kier molecular flexibility index (Phi) is 226. The van der Waals surface area contributed by atoms with Crippen molar-refractivity contribution in [1.29, 1.82) is 0 Å². The fraction of sp³-hybridized carbons (Fsp3) is 0. The van der Waals surface area contributed by atoms with E-state index in [4.69, 9.17) is 0 Å². The number of rotatable bonds is 0. The van der Waals surface area contributed by atoms with Gasteiger partial charge >= 0.3 is 0 Å². The Balaban J connectivity index is 0. The van der Waals surface area contributed by atoms with Crippen LogP contribution in [0.2, 0.25) is 0 Å². The van der Waals surface area contributed by atoms with Crippen LogP contribution in [0.25, 0.3) is 0 Å². The van der Waals surface area contributed by atoms with Crippen LogP contribution in [0.4, 0.5) is 0 Å². The van der Waals surface area contributed by atoms with E-state index in [0.717, 1.165) is 0 Å². The Morgan fingerprint density at radius 2 is 1.00 bits per heavy atom. The van der Waals surface area contributed by atoms with Crippen molar-refractivity contribution in [2.24, 2.45) is 0 Å². The summed E-state index contributed by atoms with van der Waals surface area (Å²) in [5.41, 5.74) is 0. The maximum absolute atomic E-state index is 0. The van der Waals surface area contributed by atoms with E-state index in [1.165, 1.54) is 0 Å². The van der Waals surface area contributed by atoms with Crippen molar-refractivity contribution in [3.05, 3.63) is 0 Å². The first kappa shape index (κ1) is 41.8. The average molecular weight is 170 g/mol. The Morgan fingerprint density at radius 1 is 1.00 bits per heavy atom. The molecule has 0 N–H and O–H groups in total. The van der Waals surface area contributed by atoms with E-state index in [9.17, 15) is 0 Å². The van der Waals surface area contributed by atoms with E-state index in [0.29, 0.717) is 0 Å². The second kappa shape index (κ2) is 21.6. The normalized spacial score (nSPS) is 0. The predicted octanol–water partition coefficient (Wildman–Crippen LogP) is -0.767. The van der Waals surface area contributed by atoms with Gasteiger partial charge in [0, 0.05) is 62.2 Å². The van der Waals surface area contributed by atoms with Gasteiger partial charge in [-0.1, -0.05) is 0 Å². The molecule has 0 rings (SSSR count). The Bertz CT molecular complexity index is 8.00. The number of hydrogen-bond donors (Lipinski definition) is 0. The third-order valence-corrected chi connectivity index (χ3v) is 0. The quantitative estimate of drug-likeness (QED) is 0.419. The zero-order chi connectivity index (χ0) is 0. The SMILES string of the molecule is [Al].[Co].[Fe].[Si]. The van der Waals surface area contributed by atoms with E-state index in [1.54, 1.807) is 0 Å². The fourth-order valence-electron chi connectivity index (χ4n) is 0. The predicted molar refractivity (Wildman–Crippen MR) is 11.5 cm³/mol. The minimum absolute atomic E-state index is 0. The van der Waals surface area contributed by atoms with Crippen LogP contribution in [0.3, 0.4) is 0 Å². The van der Waals surface area contributed by atoms with Gasteiger partial charge in [0.1, 0.15) is 0 Å². The van der Waals surface area contributed by atoms with Crippen LogP contribution in [0.15, 0.2) is 0 Å². The molecule has 0 heterocycles. The molecule has 8 radical (unpaired) electrons. The second-order valence-corrected chi connectivity index (χ2v) is 0. The molecular weight excluding hydrogens is 170 g/mol. The molecule has 24 valence electrons. The molecule has 0 unspecified atom stereocenters. The van der Waals surface area contributed by atoms with Crippen LogP contribution in [0.1, 0.15) is 0 Å². The van der Waals surface area contributed by atoms with Gasteiger partial charge in [0.2, 0.25) is 0 Å². The van der Waals surface area contributed by atoms with Gasteiger partial charge < -0.3 is 0 Å². The molecule has 0 atom stereocenters. The topological polar surface area (TPSA) is 0 Å². The zero-order valence-electron chi connectivity index (χ0n) is 1.76. The molecule has 4 heteroatoms. The minimum Gasteiger partial charge on any atom is 0 e. The van der Waals surface area contributed by atoms with Crippen molar-refractivity contribution in [1.82, 2.24) is 0 Å². The molecule has 0 aromatic carbocycles. The van der Waals surface area contributed by atoms with E-state index in [-0.39, 0.29) is 62.2 Å². The summed E-state index contributed by atoms with van der Waals surface area (Å²) in [6.45, 7) is 0. The molecular formula is AlCoFeSi. The van der Waals surface area contributed by atoms with Crippen molar-refractivity contribution < 1.29 is 33.8 Å². The summed E-state index contributed by atoms with van der Waals surface area (Å²) in [5, 5.41) is 0. The van der Waals surface area contributed by atoms with E-state index < -0.39 is 0 Å². The molecule has 0 fully saturated rings. The van der Waals surface area contributed by atoms with Gasteiger partial charge in [-0.3, -0.25) is 0 Å². The van der Waals surface area contributed by atoms with Crippen molar-refractivity contribution in [2.45, 2.75) is 0 Å². The Morgan fingerprint density at radius 3 is 1.00 bits per heavy atom. The third kappa shape index (κ3) is 9.23. The number of hydrogen-bond acceptors (Lipinski definition) is 0. The van der Waals surface area contributed by atoms with Crippen molar-refractivity contribution in [3.8, 4) is 0 Å². The van der Waals surface area contributed by atoms with Crippen LogP contribution < -0.4 is 0 Å². The summed E-state index contributed by atoms with van der Waals surface area (Å²) in [7, 11) is 0. The molecule has 0 spiro atoms. The molecule has 0 bridgehead atoms. The molecule has 0 nitrogen and oxygen atoms in total. The monoisotopic (exact) mass is 170 g/mol. The van der Waals surface area contributed by atoms with Crippen molar-refractivity contribution >= 4 is 28.3 Å². The summed E-state index contributed by atoms with van der Waals surface area (Å²) in [6.07, 6.45) is 0. The fourth-order valence-corrected chi connectivity index (χ4v) is 0. The van der Waals surface area contributed by atoms with E-state index in [2.05, 4.69) is 0 Å². The van der Waals surface area contributed by atoms with E-state index >= 15 is 0 Å². The molecule has 0 saturated heterocycles. The molecule has 0 aromatic heterocycles. The van der Waals surface area contributed by atoms with Gasteiger partial charge in [0.15, 0.2) is 0 Å². The zero-order valence-corrected chi connectivity index (χ0v) is 6.06. The smallest absolute Gasteiger partial charge is 0 e. The Hall–Kier alpha value is 1.78. The summed E-state index contributed by atoms with van der Waals surface area (Å²) >= 11 is 0. The maximum atomic E-state index is 0. The first-order valence-electron chi connectivity index (χ1n) is 0. The second-order valence-electron chi connectivity index (χ2n) is 0. The largest absolute Gasteiger partial charge is 0 e. The maximum Gasteiger partial charge on any atom is 0 e. The molecule has 0 aliphatic carbocycles. The van der Waals surface area contributed by atoms with Gasteiger partial charge in [-0.15, -0.1) is 0 Å². The molecule has 0 aliphatic heterocycles. The minimum atomic E-state index is 0. The summed E-state index contributed by atoms with van der Waals surface area (Å²) in [4.78, 5) is 0.